The highest BCUT2D eigenvalue weighted by Crippen LogP contribution is 2.33. The van der Waals surface area contributed by atoms with Gasteiger partial charge in [0.25, 0.3) is 0 Å². The monoisotopic (exact) mass is 339 g/mol. The van der Waals surface area contributed by atoms with Crippen LogP contribution in [0.5, 0.6) is 11.5 Å². The summed E-state index contributed by atoms with van der Waals surface area (Å²) in [5, 5.41) is 3.00. The molecule has 130 valence electrons. The normalized spacial score (nSPS) is 12.6. The van der Waals surface area contributed by atoms with Crippen molar-refractivity contribution in [2.75, 3.05) is 14.2 Å². The number of amides is 1. The average Bonchev–Trinajstić information content (AvgIpc) is 2.51. The molecule has 0 aliphatic rings. The van der Waals surface area contributed by atoms with Crippen molar-refractivity contribution in [2.45, 2.75) is 50.8 Å². The lowest BCUT2D eigenvalue weighted by Gasteiger charge is -2.27. The van der Waals surface area contributed by atoms with Gasteiger partial charge in [0.15, 0.2) is 11.5 Å². The van der Waals surface area contributed by atoms with Crippen molar-refractivity contribution in [3.8, 4) is 11.5 Å². The summed E-state index contributed by atoms with van der Waals surface area (Å²) < 4.78 is 10.5. The van der Waals surface area contributed by atoms with Crippen LogP contribution < -0.4 is 14.8 Å². The molecule has 0 fully saturated rings. The maximum atomic E-state index is 12.5. The molecule has 0 aliphatic carbocycles. The van der Waals surface area contributed by atoms with Crippen LogP contribution in [-0.4, -0.2) is 31.4 Å². The summed E-state index contributed by atoms with van der Waals surface area (Å²) in [6, 6.07) is 5.89. The molecule has 0 saturated carbocycles. The standard InChI is InChI=1S/C18H29NO3S/c1-11(2)17(12(3)4)19-18(20)13(5)23-14-8-9-15(21-6)16(10-14)22-7/h8-13,17H,1-7H3,(H,19,20)/t13-/m1/s1. The Kier molecular flexibility index (Phi) is 7.76. The SMILES string of the molecule is COc1ccc(S[C@H](C)C(=O)NC(C(C)C)C(C)C)cc1OC. The maximum Gasteiger partial charge on any atom is 0.233 e. The molecular formula is C18H29NO3S. The molecule has 1 rings (SSSR count). The van der Waals surface area contributed by atoms with Gasteiger partial charge in [-0.2, -0.15) is 0 Å². The second-order valence-corrected chi connectivity index (χ2v) is 7.71. The molecule has 0 aliphatic heterocycles. The van der Waals surface area contributed by atoms with Gasteiger partial charge in [0.1, 0.15) is 0 Å². The lowest BCUT2D eigenvalue weighted by atomic mass is 9.93. The summed E-state index contributed by atoms with van der Waals surface area (Å²) in [6.07, 6.45) is 0. The van der Waals surface area contributed by atoms with Crippen LogP contribution in [0.2, 0.25) is 0 Å². The first-order valence-corrected chi connectivity index (χ1v) is 8.87. The molecule has 5 heteroatoms. The van der Waals surface area contributed by atoms with Crippen LogP contribution in [0.15, 0.2) is 23.1 Å². The van der Waals surface area contributed by atoms with Crippen molar-refractivity contribution < 1.29 is 14.3 Å². The van der Waals surface area contributed by atoms with Crippen LogP contribution in [-0.2, 0) is 4.79 Å². The summed E-state index contributed by atoms with van der Waals surface area (Å²) in [6.45, 7) is 10.5. The van der Waals surface area contributed by atoms with Gasteiger partial charge in [-0.3, -0.25) is 4.79 Å². The minimum atomic E-state index is -0.173. The molecule has 0 saturated heterocycles. The van der Waals surface area contributed by atoms with Gasteiger partial charge in [-0.15, -0.1) is 11.8 Å². The lowest BCUT2D eigenvalue weighted by molar-refractivity contribution is -0.121. The fourth-order valence-electron chi connectivity index (χ4n) is 2.53. The number of carbonyl (C=O) groups excluding carboxylic acids is 1. The number of thioether (sulfide) groups is 1. The molecule has 0 bridgehead atoms. The molecule has 1 N–H and O–H groups in total. The second-order valence-electron chi connectivity index (χ2n) is 6.30. The number of hydrogen-bond acceptors (Lipinski definition) is 4. The van der Waals surface area contributed by atoms with Gasteiger partial charge in [0, 0.05) is 10.9 Å². The van der Waals surface area contributed by atoms with Crippen LogP contribution >= 0.6 is 11.8 Å². The fraction of sp³-hybridized carbons (Fsp3) is 0.611. The van der Waals surface area contributed by atoms with Gasteiger partial charge in [-0.25, -0.2) is 0 Å². The van der Waals surface area contributed by atoms with Crippen LogP contribution in [0.4, 0.5) is 0 Å². The zero-order chi connectivity index (χ0) is 17.6. The fourth-order valence-corrected chi connectivity index (χ4v) is 3.44. The van der Waals surface area contributed by atoms with Gasteiger partial charge < -0.3 is 14.8 Å². The van der Waals surface area contributed by atoms with Crippen molar-refractivity contribution in [3.05, 3.63) is 18.2 Å². The highest BCUT2D eigenvalue weighted by Gasteiger charge is 2.23. The molecule has 0 aromatic heterocycles. The van der Waals surface area contributed by atoms with Crippen molar-refractivity contribution >= 4 is 17.7 Å². The summed E-state index contributed by atoms with van der Waals surface area (Å²) in [5.74, 6) is 2.26. The topological polar surface area (TPSA) is 47.6 Å². The molecule has 0 unspecified atom stereocenters. The number of hydrogen-bond donors (Lipinski definition) is 1. The first-order chi connectivity index (χ1) is 10.8. The number of methoxy groups -OCH3 is 2. The number of nitrogens with one attached hydrogen (secondary N) is 1. The highest BCUT2D eigenvalue weighted by atomic mass is 32.2. The molecule has 1 atom stereocenters. The Labute approximate surface area is 144 Å². The van der Waals surface area contributed by atoms with E-state index in [4.69, 9.17) is 9.47 Å². The van der Waals surface area contributed by atoms with E-state index >= 15 is 0 Å². The van der Waals surface area contributed by atoms with Crippen LogP contribution in [0.25, 0.3) is 0 Å². The smallest absolute Gasteiger partial charge is 0.233 e. The van der Waals surface area contributed by atoms with Gasteiger partial charge in [0.2, 0.25) is 5.91 Å². The Morgan fingerprint density at radius 2 is 1.57 bits per heavy atom. The molecular weight excluding hydrogens is 310 g/mol. The highest BCUT2D eigenvalue weighted by molar-refractivity contribution is 8.00. The van der Waals surface area contributed by atoms with E-state index in [2.05, 4.69) is 33.0 Å². The van der Waals surface area contributed by atoms with E-state index in [1.165, 1.54) is 11.8 Å². The molecule has 1 amide bonds. The first kappa shape index (κ1) is 19.7. The minimum absolute atomic E-state index is 0.0668. The number of benzene rings is 1. The van der Waals surface area contributed by atoms with E-state index in [0.29, 0.717) is 23.3 Å². The first-order valence-electron chi connectivity index (χ1n) is 7.99. The van der Waals surface area contributed by atoms with E-state index in [-0.39, 0.29) is 17.2 Å². The molecule has 23 heavy (non-hydrogen) atoms. The minimum Gasteiger partial charge on any atom is -0.493 e. The Hall–Kier alpha value is -1.36. The van der Waals surface area contributed by atoms with Gasteiger partial charge in [0.05, 0.1) is 19.5 Å². The zero-order valence-corrected chi connectivity index (χ0v) is 16.0. The summed E-state index contributed by atoms with van der Waals surface area (Å²) in [5.41, 5.74) is 0. The Balaban J connectivity index is 2.75. The third-order valence-corrected chi connectivity index (χ3v) is 4.88. The number of rotatable bonds is 8. The van der Waals surface area contributed by atoms with E-state index < -0.39 is 0 Å². The molecule has 0 radical (unpaired) electrons. The van der Waals surface area contributed by atoms with Gasteiger partial charge >= 0.3 is 0 Å². The summed E-state index contributed by atoms with van der Waals surface area (Å²) in [4.78, 5) is 13.4. The van der Waals surface area contributed by atoms with Crippen molar-refractivity contribution in [1.29, 1.82) is 0 Å². The van der Waals surface area contributed by atoms with E-state index in [1.807, 2.05) is 25.1 Å². The van der Waals surface area contributed by atoms with Gasteiger partial charge in [-0.1, -0.05) is 27.7 Å². The van der Waals surface area contributed by atoms with Gasteiger partial charge in [-0.05, 0) is 37.0 Å². The van der Waals surface area contributed by atoms with Crippen molar-refractivity contribution in [1.82, 2.24) is 5.32 Å². The van der Waals surface area contributed by atoms with E-state index in [1.54, 1.807) is 14.2 Å². The van der Waals surface area contributed by atoms with E-state index in [0.717, 1.165) is 4.90 Å². The van der Waals surface area contributed by atoms with Crippen molar-refractivity contribution in [2.24, 2.45) is 11.8 Å². The van der Waals surface area contributed by atoms with Crippen molar-refractivity contribution in [3.63, 3.8) is 0 Å². The Morgan fingerprint density at radius 3 is 2.04 bits per heavy atom. The molecule has 0 heterocycles. The Morgan fingerprint density at radius 1 is 1.00 bits per heavy atom. The maximum absolute atomic E-state index is 12.5. The third-order valence-electron chi connectivity index (χ3n) is 3.78. The average molecular weight is 340 g/mol. The second kappa shape index (κ2) is 9.06. The zero-order valence-electron chi connectivity index (χ0n) is 15.2. The summed E-state index contributed by atoms with van der Waals surface area (Å²) in [7, 11) is 3.22. The quantitative estimate of drug-likeness (QED) is 0.728. The predicted molar refractivity (Wildman–Crippen MR) is 96.5 cm³/mol. The largest absolute Gasteiger partial charge is 0.493 e. The van der Waals surface area contributed by atoms with Crippen LogP contribution in [0.1, 0.15) is 34.6 Å². The summed E-state index contributed by atoms with van der Waals surface area (Å²) >= 11 is 1.52. The number of carbonyl (C=O) groups is 1. The Bertz CT molecular complexity index is 509. The van der Waals surface area contributed by atoms with E-state index in [9.17, 15) is 4.79 Å². The lowest BCUT2D eigenvalue weighted by Crippen LogP contribution is -2.45. The third kappa shape index (κ3) is 5.65. The van der Waals surface area contributed by atoms with Crippen LogP contribution in [0.3, 0.4) is 0 Å². The molecule has 1 aromatic carbocycles. The molecule has 4 nitrogen and oxygen atoms in total. The molecule has 0 spiro atoms. The van der Waals surface area contributed by atoms with Crippen LogP contribution in [0, 0.1) is 11.8 Å². The predicted octanol–water partition coefficient (Wildman–Crippen LogP) is 3.98. The molecule has 1 aromatic rings. The number of ether oxygens (including phenoxy) is 2.